The molecule has 1 aliphatic carbocycles. The second kappa shape index (κ2) is 8.66. The normalized spacial score (nSPS) is 25.1. The fourth-order valence-corrected chi connectivity index (χ4v) is 4.29. The lowest BCUT2D eigenvalue weighted by molar-refractivity contribution is -0.136. The molecule has 0 saturated carbocycles. The van der Waals surface area contributed by atoms with E-state index in [0.717, 1.165) is 16.8 Å². The van der Waals surface area contributed by atoms with Crippen LogP contribution >= 0.6 is 15.9 Å². The van der Waals surface area contributed by atoms with Gasteiger partial charge < -0.3 is 15.5 Å². The molecular weight excluding hydrogens is 464 g/mol. The molecule has 5 amide bonds. The first-order valence-electron chi connectivity index (χ1n) is 10.2. The lowest BCUT2D eigenvalue weighted by atomic mass is 10.0. The zero-order chi connectivity index (χ0) is 22.1. The summed E-state index contributed by atoms with van der Waals surface area (Å²) in [5.41, 5.74) is 2.97. The molecule has 0 aromatic heterocycles. The number of benzene rings is 1. The van der Waals surface area contributed by atoms with Crippen molar-refractivity contribution in [3.05, 3.63) is 58.8 Å². The lowest BCUT2D eigenvalue weighted by Crippen LogP contribution is -2.52. The van der Waals surface area contributed by atoms with E-state index in [1.54, 1.807) is 12.1 Å². The number of fused-ring (bicyclic) bond motifs is 1. The first kappa shape index (κ1) is 21.3. The Bertz CT molecular complexity index is 1020. The highest BCUT2D eigenvalue weighted by molar-refractivity contribution is 9.09. The van der Waals surface area contributed by atoms with Crippen molar-refractivity contribution in [3.8, 4) is 0 Å². The van der Waals surface area contributed by atoms with Gasteiger partial charge in [-0.2, -0.15) is 0 Å². The number of imide groups is 1. The van der Waals surface area contributed by atoms with Crippen molar-refractivity contribution in [3.63, 3.8) is 0 Å². The van der Waals surface area contributed by atoms with Gasteiger partial charge in [-0.3, -0.25) is 19.7 Å². The molecule has 2 aliphatic heterocycles. The molecule has 0 spiro atoms. The standard InChI is InChI=1S/C22H23BrN4O4/c1-12-8-15(3-5-17(12)23)25-22(31)24-10-13-2-4-16-14(9-13)11-27(21(16)30)18-6-7-19(28)26-20(18)29/h2-5,8-9,12,17-18H,6-7,10-11H2,1H3,(H2,24,25,31)(H,26,28,29). The van der Waals surface area contributed by atoms with Crippen LogP contribution in [0.1, 0.15) is 41.3 Å². The molecule has 3 N–H and O–H groups in total. The van der Waals surface area contributed by atoms with Crippen LogP contribution in [-0.2, 0) is 22.7 Å². The first-order chi connectivity index (χ1) is 14.8. The summed E-state index contributed by atoms with van der Waals surface area (Å²) in [4.78, 5) is 50.3. The summed E-state index contributed by atoms with van der Waals surface area (Å²) >= 11 is 3.55. The molecule has 162 valence electrons. The predicted molar refractivity (Wildman–Crippen MR) is 117 cm³/mol. The Morgan fingerprint density at radius 1 is 1.29 bits per heavy atom. The number of nitrogens with one attached hydrogen (secondary N) is 3. The molecule has 8 nitrogen and oxygen atoms in total. The molecule has 1 fully saturated rings. The van der Waals surface area contributed by atoms with E-state index in [0.29, 0.717) is 25.1 Å². The quantitative estimate of drug-likeness (QED) is 0.447. The summed E-state index contributed by atoms with van der Waals surface area (Å²) < 4.78 is 0. The SMILES string of the molecule is CC1C=C(NC(=O)NCc2ccc3c(c2)CN(C2CCC(=O)NC2=O)C3=O)C=CC1Br. The number of hydrogen-bond donors (Lipinski definition) is 3. The molecule has 3 atom stereocenters. The summed E-state index contributed by atoms with van der Waals surface area (Å²) in [6, 6.07) is 4.45. The van der Waals surface area contributed by atoms with Crippen molar-refractivity contribution < 1.29 is 19.2 Å². The first-order valence-corrected chi connectivity index (χ1v) is 11.1. The molecule has 1 aromatic carbocycles. The number of piperidine rings is 1. The minimum Gasteiger partial charge on any atom is -0.334 e. The molecule has 0 radical (unpaired) electrons. The van der Waals surface area contributed by atoms with Crippen molar-refractivity contribution in [2.45, 2.75) is 43.7 Å². The Labute approximate surface area is 188 Å². The predicted octanol–water partition coefficient (Wildman–Crippen LogP) is 2.10. The lowest BCUT2D eigenvalue weighted by Gasteiger charge is -2.29. The van der Waals surface area contributed by atoms with Crippen LogP contribution in [0.4, 0.5) is 4.79 Å². The highest BCUT2D eigenvalue weighted by Crippen LogP contribution is 2.28. The second-order valence-electron chi connectivity index (χ2n) is 7.98. The van der Waals surface area contributed by atoms with Gasteiger partial charge in [0.1, 0.15) is 6.04 Å². The highest BCUT2D eigenvalue weighted by atomic mass is 79.9. The summed E-state index contributed by atoms with van der Waals surface area (Å²) in [6.45, 7) is 2.68. The van der Waals surface area contributed by atoms with E-state index < -0.39 is 11.9 Å². The maximum atomic E-state index is 12.7. The van der Waals surface area contributed by atoms with Crippen molar-refractivity contribution in [1.29, 1.82) is 0 Å². The fraction of sp³-hybridized carbons (Fsp3) is 0.364. The average molecular weight is 487 g/mol. The second-order valence-corrected chi connectivity index (χ2v) is 9.04. The molecule has 3 aliphatic rings. The summed E-state index contributed by atoms with van der Waals surface area (Å²) in [6.07, 6.45) is 6.40. The van der Waals surface area contributed by atoms with E-state index in [4.69, 9.17) is 0 Å². The van der Waals surface area contributed by atoms with Gasteiger partial charge in [0.15, 0.2) is 0 Å². The molecule has 3 unspecified atom stereocenters. The number of allylic oxidation sites excluding steroid dienone is 3. The van der Waals surface area contributed by atoms with Crippen molar-refractivity contribution in [2.75, 3.05) is 0 Å². The van der Waals surface area contributed by atoms with Gasteiger partial charge in [0.25, 0.3) is 5.91 Å². The summed E-state index contributed by atoms with van der Waals surface area (Å²) in [7, 11) is 0. The van der Waals surface area contributed by atoms with Crippen LogP contribution in [0.2, 0.25) is 0 Å². The molecule has 2 heterocycles. The van der Waals surface area contributed by atoms with E-state index in [2.05, 4.69) is 38.8 Å². The van der Waals surface area contributed by atoms with Crippen molar-refractivity contribution in [2.24, 2.45) is 5.92 Å². The van der Waals surface area contributed by atoms with Gasteiger partial charge in [0.05, 0.1) is 0 Å². The van der Waals surface area contributed by atoms with Gasteiger partial charge in [-0.25, -0.2) is 4.79 Å². The van der Waals surface area contributed by atoms with Gasteiger partial charge in [0, 0.05) is 35.6 Å². The Kier molecular flexibility index (Phi) is 5.95. The molecule has 4 rings (SSSR count). The Hall–Kier alpha value is -2.94. The van der Waals surface area contributed by atoms with Crippen molar-refractivity contribution in [1.82, 2.24) is 20.9 Å². The number of hydrogen-bond acceptors (Lipinski definition) is 4. The van der Waals surface area contributed by atoms with Gasteiger partial charge in [-0.15, -0.1) is 0 Å². The average Bonchev–Trinajstić information content (AvgIpc) is 3.05. The van der Waals surface area contributed by atoms with Crippen LogP contribution in [0.5, 0.6) is 0 Å². The third-order valence-corrected chi connectivity index (χ3v) is 6.84. The van der Waals surface area contributed by atoms with Gasteiger partial charge in [0.2, 0.25) is 11.8 Å². The maximum Gasteiger partial charge on any atom is 0.319 e. The fourth-order valence-electron chi connectivity index (χ4n) is 3.98. The van der Waals surface area contributed by atoms with Gasteiger partial charge in [-0.1, -0.05) is 47.1 Å². The Morgan fingerprint density at radius 3 is 2.84 bits per heavy atom. The number of alkyl halides is 1. The smallest absolute Gasteiger partial charge is 0.319 e. The number of amides is 5. The number of halogens is 1. The number of nitrogens with zero attached hydrogens (tertiary/aromatic N) is 1. The molecule has 1 aromatic rings. The van der Waals surface area contributed by atoms with Crippen LogP contribution in [-0.4, -0.2) is 39.5 Å². The third-order valence-electron chi connectivity index (χ3n) is 5.70. The van der Waals surface area contributed by atoms with E-state index in [1.165, 1.54) is 4.90 Å². The van der Waals surface area contributed by atoms with Crippen LogP contribution in [0, 0.1) is 5.92 Å². The highest BCUT2D eigenvalue weighted by Gasteiger charge is 2.39. The monoisotopic (exact) mass is 486 g/mol. The summed E-state index contributed by atoms with van der Waals surface area (Å²) in [5.74, 6) is -0.667. The zero-order valence-corrected chi connectivity index (χ0v) is 18.6. The third kappa shape index (κ3) is 4.56. The minimum absolute atomic E-state index is 0.211. The van der Waals surface area contributed by atoms with E-state index in [-0.39, 0.29) is 35.0 Å². The van der Waals surface area contributed by atoms with E-state index >= 15 is 0 Å². The molecule has 1 saturated heterocycles. The van der Waals surface area contributed by atoms with Gasteiger partial charge >= 0.3 is 6.03 Å². The van der Waals surface area contributed by atoms with E-state index in [1.807, 2.05) is 24.3 Å². The Morgan fingerprint density at radius 2 is 2.10 bits per heavy atom. The van der Waals surface area contributed by atoms with Crippen LogP contribution < -0.4 is 16.0 Å². The number of rotatable bonds is 4. The number of urea groups is 1. The topological polar surface area (TPSA) is 108 Å². The summed E-state index contributed by atoms with van der Waals surface area (Å²) in [5, 5.41) is 7.95. The molecule has 9 heteroatoms. The largest absolute Gasteiger partial charge is 0.334 e. The number of carbonyl (C=O) groups is 4. The minimum atomic E-state index is -0.636. The van der Waals surface area contributed by atoms with Crippen LogP contribution in [0.15, 0.2) is 42.1 Å². The molecule has 0 bridgehead atoms. The maximum absolute atomic E-state index is 12.7. The van der Waals surface area contributed by atoms with Crippen LogP contribution in [0.25, 0.3) is 0 Å². The van der Waals surface area contributed by atoms with Gasteiger partial charge in [-0.05, 0) is 35.6 Å². The number of carbonyl (C=O) groups excluding carboxylic acids is 4. The zero-order valence-electron chi connectivity index (χ0n) is 17.0. The molecule has 31 heavy (non-hydrogen) atoms. The van der Waals surface area contributed by atoms with Crippen molar-refractivity contribution >= 4 is 39.7 Å². The van der Waals surface area contributed by atoms with E-state index in [9.17, 15) is 19.2 Å². The molecular formula is C22H23BrN4O4. The Balaban J connectivity index is 1.36. The van der Waals surface area contributed by atoms with Crippen LogP contribution in [0.3, 0.4) is 0 Å².